The molecule has 2 rings (SSSR count). The Balaban J connectivity index is 2.11. The highest BCUT2D eigenvalue weighted by molar-refractivity contribution is 6.25. The van der Waals surface area contributed by atoms with Crippen LogP contribution in [0.1, 0.15) is 0 Å². The number of imide groups is 1. The molecule has 0 aliphatic carbocycles. The van der Waals surface area contributed by atoms with Crippen molar-refractivity contribution in [3.05, 3.63) is 0 Å². The number of urea groups is 1. The first-order valence-corrected chi connectivity index (χ1v) is 6.58. The summed E-state index contributed by atoms with van der Waals surface area (Å²) in [6.45, 7) is 0.952. The van der Waals surface area contributed by atoms with Gasteiger partial charge in [0, 0.05) is 21.1 Å². The Morgan fingerprint density at radius 3 is 2.62 bits per heavy atom. The zero-order valence-electron chi connectivity index (χ0n) is 12.3. The molecule has 0 saturated carbocycles. The van der Waals surface area contributed by atoms with E-state index in [0.717, 1.165) is 4.90 Å². The Bertz CT molecular complexity index is 504. The summed E-state index contributed by atoms with van der Waals surface area (Å²) in [4.78, 5) is 36.7. The normalized spacial score (nSPS) is 24.0. The largest absolute Gasteiger partial charge is 0.394 e. The Labute approximate surface area is 122 Å². The van der Waals surface area contributed by atoms with Gasteiger partial charge in [-0.2, -0.15) is 4.99 Å². The second-order valence-electron chi connectivity index (χ2n) is 4.74. The molecule has 9 heteroatoms. The number of carbonyl (C=O) groups is 2. The summed E-state index contributed by atoms with van der Waals surface area (Å²) in [7, 11) is 4.74. The van der Waals surface area contributed by atoms with E-state index in [0.29, 0.717) is 24.9 Å². The Hall–Kier alpha value is -2.00. The smallest absolute Gasteiger partial charge is 0.331 e. The van der Waals surface area contributed by atoms with E-state index in [1.807, 2.05) is 0 Å². The molecule has 0 aromatic heterocycles. The zero-order chi connectivity index (χ0) is 15.6. The summed E-state index contributed by atoms with van der Waals surface area (Å²) in [6, 6.07) is -1.02. The monoisotopic (exact) mass is 297 g/mol. The Kier molecular flexibility index (Phi) is 4.53. The summed E-state index contributed by atoms with van der Waals surface area (Å²) in [5.41, 5.74) is 0. The fraction of sp³-hybridized carbons (Fsp3) is 0.667. The molecule has 2 aliphatic heterocycles. The van der Waals surface area contributed by atoms with Gasteiger partial charge < -0.3 is 14.7 Å². The van der Waals surface area contributed by atoms with Gasteiger partial charge in [-0.1, -0.05) is 0 Å². The number of guanidine groups is 1. The molecule has 1 saturated heterocycles. The first-order valence-electron chi connectivity index (χ1n) is 6.58. The number of aliphatic hydroxyl groups excluding tert-OH is 1. The van der Waals surface area contributed by atoms with Crippen LogP contribution in [0.25, 0.3) is 0 Å². The van der Waals surface area contributed by atoms with Crippen LogP contribution in [0.4, 0.5) is 4.79 Å². The van der Waals surface area contributed by atoms with Crippen molar-refractivity contribution in [2.24, 2.45) is 9.98 Å². The summed E-state index contributed by atoms with van der Waals surface area (Å²) >= 11 is 0. The Morgan fingerprint density at radius 2 is 1.95 bits per heavy atom. The van der Waals surface area contributed by atoms with Gasteiger partial charge in [-0.05, 0) is 0 Å². The standard InChI is InChI=1S/C12H19N5O4/c1-15-8-9(16(2)12(20)17(3)10(8)19)14-11(15)13-4-6-21-7-5-18/h8,18H,4-7H2,1-3H3. The molecule has 21 heavy (non-hydrogen) atoms. The maximum Gasteiger partial charge on any atom is 0.331 e. The number of fused-ring (bicyclic) bond motifs is 1. The predicted molar refractivity (Wildman–Crippen MR) is 75.1 cm³/mol. The van der Waals surface area contributed by atoms with E-state index < -0.39 is 12.1 Å². The second-order valence-corrected chi connectivity index (χ2v) is 4.74. The van der Waals surface area contributed by atoms with E-state index in [9.17, 15) is 9.59 Å². The number of amidine groups is 1. The van der Waals surface area contributed by atoms with Crippen LogP contribution in [0, 0.1) is 0 Å². The molecule has 1 unspecified atom stereocenters. The summed E-state index contributed by atoms with van der Waals surface area (Å²) in [5, 5.41) is 8.60. The SMILES string of the molecule is CN1C(=O)C2C(=NC(=NCCOCCO)N2C)N(C)C1=O. The van der Waals surface area contributed by atoms with Crippen molar-refractivity contribution in [2.45, 2.75) is 6.04 Å². The molecule has 2 aliphatic rings. The highest BCUT2D eigenvalue weighted by atomic mass is 16.5. The molecule has 1 N–H and O–H groups in total. The van der Waals surface area contributed by atoms with Crippen LogP contribution in [-0.4, -0.2) is 97.1 Å². The lowest BCUT2D eigenvalue weighted by atomic mass is 10.1. The number of rotatable bonds is 5. The number of ether oxygens (including phenoxy) is 1. The second kappa shape index (κ2) is 6.19. The molecule has 1 fully saturated rings. The average Bonchev–Trinajstić information content (AvgIpc) is 2.80. The highest BCUT2D eigenvalue weighted by Crippen LogP contribution is 2.21. The van der Waals surface area contributed by atoms with Crippen molar-refractivity contribution in [3.8, 4) is 0 Å². The van der Waals surface area contributed by atoms with E-state index >= 15 is 0 Å². The summed E-state index contributed by atoms with van der Waals surface area (Å²) in [6.07, 6.45) is 0. The van der Waals surface area contributed by atoms with Crippen LogP contribution < -0.4 is 0 Å². The molecule has 9 nitrogen and oxygen atoms in total. The third-order valence-corrected chi connectivity index (χ3v) is 3.37. The van der Waals surface area contributed by atoms with Gasteiger partial charge in [0.05, 0.1) is 26.4 Å². The average molecular weight is 297 g/mol. The fourth-order valence-corrected chi connectivity index (χ4v) is 2.19. The van der Waals surface area contributed by atoms with Gasteiger partial charge >= 0.3 is 6.03 Å². The molecule has 2 heterocycles. The molecule has 0 bridgehead atoms. The van der Waals surface area contributed by atoms with Gasteiger partial charge in [-0.25, -0.2) is 9.79 Å². The van der Waals surface area contributed by atoms with Crippen LogP contribution in [0.2, 0.25) is 0 Å². The number of amides is 3. The topological polar surface area (TPSA) is 98.0 Å². The Morgan fingerprint density at radius 1 is 1.24 bits per heavy atom. The van der Waals surface area contributed by atoms with Gasteiger partial charge in [-0.15, -0.1) is 0 Å². The van der Waals surface area contributed by atoms with Crippen LogP contribution in [-0.2, 0) is 9.53 Å². The summed E-state index contributed by atoms with van der Waals surface area (Å²) < 4.78 is 5.11. The quantitative estimate of drug-likeness (QED) is 0.629. The number of carbonyl (C=O) groups excluding carboxylic acids is 2. The molecule has 1 atom stereocenters. The molecule has 0 radical (unpaired) electrons. The van der Waals surface area contributed by atoms with Crippen molar-refractivity contribution >= 4 is 23.7 Å². The maximum atomic E-state index is 12.2. The first-order chi connectivity index (χ1) is 9.99. The third-order valence-electron chi connectivity index (χ3n) is 3.37. The van der Waals surface area contributed by atoms with Crippen molar-refractivity contribution in [1.82, 2.24) is 14.7 Å². The van der Waals surface area contributed by atoms with E-state index in [4.69, 9.17) is 9.84 Å². The van der Waals surface area contributed by atoms with Crippen LogP contribution in [0.15, 0.2) is 9.98 Å². The maximum absolute atomic E-state index is 12.2. The third kappa shape index (κ3) is 2.74. The van der Waals surface area contributed by atoms with Gasteiger partial charge in [0.15, 0.2) is 6.04 Å². The fourth-order valence-electron chi connectivity index (χ4n) is 2.19. The lowest BCUT2D eigenvalue weighted by molar-refractivity contribution is -0.130. The van der Waals surface area contributed by atoms with Crippen molar-refractivity contribution in [1.29, 1.82) is 0 Å². The number of likely N-dealkylation sites (N-methyl/N-ethyl adjacent to an activating group) is 3. The van der Waals surface area contributed by atoms with E-state index in [-0.39, 0.29) is 19.1 Å². The first kappa shape index (κ1) is 15.4. The minimum absolute atomic E-state index is 0.0331. The number of aliphatic hydroxyl groups is 1. The van der Waals surface area contributed by atoms with E-state index in [1.54, 1.807) is 19.0 Å². The van der Waals surface area contributed by atoms with Crippen LogP contribution >= 0.6 is 0 Å². The van der Waals surface area contributed by atoms with Gasteiger partial charge in [-0.3, -0.25) is 14.6 Å². The number of aliphatic imine (C=N–C) groups is 2. The van der Waals surface area contributed by atoms with Crippen molar-refractivity contribution < 1.29 is 19.4 Å². The predicted octanol–water partition coefficient (Wildman–Crippen LogP) is -1.41. The van der Waals surface area contributed by atoms with Gasteiger partial charge in [0.1, 0.15) is 5.84 Å². The number of hydrogen-bond acceptors (Lipinski definition) is 5. The van der Waals surface area contributed by atoms with Gasteiger partial charge in [0.2, 0.25) is 5.96 Å². The zero-order valence-corrected chi connectivity index (χ0v) is 12.3. The van der Waals surface area contributed by atoms with Crippen LogP contribution in [0.3, 0.4) is 0 Å². The molecule has 0 aromatic rings. The van der Waals surface area contributed by atoms with Gasteiger partial charge in [0.25, 0.3) is 5.91 Å². The number of nitrogens with zero attached hydrogens (tertiary/aromatic N) is 5. The van der Waals surface area contributed by atoms with Crippen LogP contribution in [0.5, 0.6) is 0 Å². The van der Waals surface area contributed by atoms with E-state index in [1.165, 1.54) is 11.9 Å². The molecule has 3 amide bonds. The van der Waals surface area contributed by atoms with E-state index in [2.05, 4.69) is 9.98 Å². The lowest BCUT2D eigenvalue weighted by Gasteiger charge is -2.35. The van der Waals surface area contributed by atoms with Crippen molar-refractivity contribution in [2.75, 3.05) is 47.5 Å². The van der Waals surface area contributed by atoms with Crippen molar-refractivity contribution in [3.63, 3.8) is 0 Å². The molecular weight excluding hydrogens is 278 g/mol. The minimum atomic E-state index is -0.616. The molecule has 0 aromatic carbocycles. The minimum Gasteiger partial charge on any atom is -0.394 e. The lowest BCUT2D eigenvalue weighted by Crippen LogP contribution is -2.61. The highest BCUT2D eigenvalue weighted by Gasteiger charge is 2.47. The number of hydrogen-bond donors (Lipinski definition) is 1. The summed E-state index contributed by atoms with van der Waals surface area (Å²) in [5.74, 6) is 0.465. The molecular formula is C12H19N5O4. The molecule has 116 valence electrons. The molecule has 0 spiro atoms.